The van der Waals surface area contributed by atoms with Crippen LogP contribution >= 0.6 is 23.2 Å². The summed E-state index contributed by atoms with van der Waals surface area (Å²) in [4.78, 5) is 1.99. The predicted molar refractivity (Wildman–Crippen MR) is 101 cm³/mol. The van der Waals surface area contributed by atoms with Gasteiger partial charge in [-0.3, -0.25) is 0 Å². The normalized spacial score (nSPS) is 11.8. The molecule has 0 aliphatic rings. The lowest BCUT2D eigenvalue weighted by atomic mass is 10.2. The molecule has 130 valence electrons. The van der Waals surface area contributed by atoms with Crippen LogP contribution < -0.4 is 4.90 Å². The molecule has 0 atom stereocenters. The van der Waals surface area contributed by atoms with Gasteiger partial charge in [-0.15, -0.1) is 0 Å². The number of benzene rings is 2. The Kier molecular flexibility index (Phi) is 6.15. The van der Waals surface area contributed by atoms with Crippen molar-refractivity contribution in [2.24, 2.45) is 0 Å². The zero-order valence-corrected chi connectivity index (χ0v) is 16.2. The van der Waals surface area contributed by atoms with Crippen LogP contribution in [0.25, 0.3) is 0 Å². The Hall–Kier alpha value is -1.27. The standard InChI is InChI=1S/C17H20Cl2N2O2S/c1-20(2)15-7-4-13(5-8-15)11-21(3)24(22,23)12-14-6-9-16(18)17(19)10-14/h4-10H,11-12H2,1-3H3. The third-order valence-electron chi connectivity index (χ3n) is 3.67. The van der Waals surface area contributed by atoms with Gasteiger partial charge in [-0.05, 0) is 35.4 Å². The van der Waals surface area contributed by atoms with Crippen molar-refractivity contribution in [2.45, 2.75) is 12.3 Å². The second-order valence-electron chi connectivity index (χ2n) is 5.82. The molecule has 0 heterocycles. The number of nitrogens with zero attached hydrogens (tertiary/aromatic N) is 2. The quantitative estimate of drug-likeness (QED) is 0.752. The lowest BCUT2D eigenvalue weighted by molar-refractivity contribution is 0.466. The van der Waals surface area contributed by atoms with Gasteiger partial charge in [-0.2, -0.15) is 0 Å². The Balaban J connectivity index is 2.09. The summed E-state index contributed by atoms with van der Waals surface area (Å²) in [5.41, 5.74) is 2.61. The van der Waals surface area contributed by atoms with Crippen molar-refractivity contribution in [3.63, 3.8) is 0 Å². The van der Waals surface area contributed by atoms with Gasteiger partial charge in [0.1, 0.15) is 0 Å². The van der Waals surface area contributed by atoms with E-state index in [0.717, 1.165) is 11.3 Å². The fourth-order valence-electron chi connectivity index (χ4n) is 2.21. The highest BCUT2D eigenvalue weighted by Gasteiger charge is 2.19. The number of anilines is 1. The van der Waals surface area contributed by atoms with Gasteiger partial charge in [0.25, 0.3) is 0 Å². The molecule has 0 unspecified atom stereocenters. The number of rotatable bonds is 6. The summed E-state index contributed by atoms with van der Waals surface area (Å²) in [5.74, 6) is -0.115. The van der Waals surface area contributed by atoms with E-state index in [-0.39, 0.29) is 5.75 Å². The maximum absolute atomic E-state index is 12.5. The first-order valence-corrected chi connectivity index (χ1v) is 9.70. The minimum atomic E-state index is -3.45. The highest BCUT2D eigenvalue weighted by atomic mass is 35.5. The van der Waals surface area contributed by atoms with E-state index < -0.39 is 10.0 Å². The Morgan fingerprint density at radius 2 is 1.46 bits per heavy atom. The second kappa shape index (κ2) is 7.74. The Morgan fingerprint density at radius 1 is 0.875 bits per heavy atom. The van der Waals surface area contributed by atoms with Gasteiger partial charge in [0.05, 0.1) is 15.8 Å². The lowest BCUT2D eigenvalue weighted by Gasteiger charge is -2.18. The molecule has 4 nitrogen and oxygen atoms in total. The molecule has 0 spiro atoms. The van der Waals surface area contributed by atoms with Crippen molar-refractivity contribution in [1.29, 1.82) is 0 Å². The van der Waals surface area contributed by atoms with E-state index >= 15 is 0 Å². The van der Waals surface area contributed by atoms with Gasteiger partial charge in [-0.25, -0.2) is 12.7 Å². The first-order chi connectivity index (χ1) is 11.2. The van der Waals surface area contributed by atoms with Crippen LogP contribution in [0, 0.1) is 0 Å². The summed E-state index contributed by atoms with van der Waals surface area (Å²) in [6.45, 7) is 0.317. The Labute approximate surface area is 153 Å². The van der Waals surface area contributed by atoms with E-state index in [1.165, 1.54) is 4.31 Å². The molecular formula is C17H20Cl2N2O2S. The Morgan fingerprint density at radius 3 is 2.00 bits per heavy atom. The zero-order chi connectivity index (χ0) is 17.9. The summed E-state index contributed by atoms with van der Waals surface area (Å²) < 4.78 is 26.4. The summed E-state index contributed by atoms with van der Waals surface area (Å²) in [6.07, 6.45) is 0. The first-order valence-electron chi connectivity index (χ1n) is 7.33. The van der Waals surface area contributed by atoms with Crippen LogP contribution in [0.1, 0.15) is 11.1 Å². The summed E-state index contributed by atoms with van der Waals surface area (Å²) in [6, 6.07) is 12.7. The van der Waals surface area contributed by atoms with Gasteiger partial charge in [-0.1, -0.05) is 41.4 Å². The number of hydrogen-bond donors (Lipinski definition) is 0. The average Bonchev–Trinajstić information content (AvgIpc) is 2.51. The van der Waals surface area contributed by atoms with E-state index in [9.17, 15) is 8.42 Å². The minimum Gasteiger partial charge on any atom is -0.378 e. The third kappa shape index (κ3) is 4.86. The molecule has 0 saturated heterocycles. The van der Waals surface area contributed by atoms with Crippen LogP contribution in [0.4, 0.5) is 5.69 Å². The summed E-state index contributed by atoms with van der Waals surface area (Å²) in [7, 11) is 2.05. The fourth-order valence-corrected chi connectivity index (χ4v) is 3.69. The molecule has 0 aliphatic heterocycles. The molecule has 24 heavy (non-hydrogen) atoms. The SMILES string of the molecule is CN(C)c1ccc(CN(C)S(=O)(=O)Cc2ccc(Cl)c(Cl)c2)cc1. The average molecular weight is 387 g/mol. The number of hydrogen-bond acceptors (Lipinski definition) is 3. The van der Waals surface area contributed by atoms with Gasteiger partial charge in [0, 0.05) is 33.4 Å². The van der Waals surface area contributed by atoms with E-state index in [1.54, 1.807) is 25.2 Å². The van der Waals surface area contributed by atoms with E-state index in [0.29, 0.717) is 22.2 Å². The molecular weight excluding hydrogens is 367 g/mol. The predicted octanol–water partition coefficient (Wildman–Crippen LogP) is 4.02. The van der Waals surface area contributed by atoms with E-state index in [1.807, 2.05) is 43.3 Å². The highest BCUT2D eigenvalue weighted by Crippen LogP contribution is 2.24. The molecule has 0 bridgehead atoms. The van der Waals surface area contributed by atoms with Gasteiger partial charge < -0.3 is 4.90 Å². The monoisotopic (exact) mass is 386 g/mol. The van der Waals surface area contributed by atoms with Crippen molar-refractivity contribution in [1.82, 2.24) is 4.31 Å². The van der Waals surface area contributed by atoms with Crippen molar-refractivity contribution < 1.29 is 8.42 Å². The first kappa shape index (κ1) is 19.1. The van der Waals surface area contributed by atoms with Crippen molar-refractivity contribution in [3.05, 3.63) is 63.6 Å². The third-order valence-corrected chi connectivity index (χ3v) is 6.18. The highest BCUT2D eigenvalue weighted by molar-refractivity contribution is 7.88. The van der Waals surface area contributed by atoms with Crippen LogP contribution in [0.15, 0.2) is 42.5 Å². The zero-order valence-electron chi connectivity index (χ0n) is 13.8. The van der Waals surface area contributed by atoms with Crippen LogP contribution in [0.2, 0.25) is 10.0 Å². The minimum absolute atomic E-state index is 0.115. The molecule has 2 rings (SSSR count). The fraction of sp³-hybridized carbons (Fsp3) is 0.294. The van der Waals surface area contributed by atoms with E-state index in [2.05, 4.69) is 0 Å². The van der Waals surface area contributed by atoms with E-state index in [4.69, 9.17) is 23.2 Å². The summed E-state index contributed by atoms with van der Waals surface area (Å²) in [5, 5.41) is 0.762. The van der Waals surface area contributed by atoms with Crippen LogP contribution in [0.5, 0.6) is 0 Å². The van der Waals surface area contributed by atoms with Crippen LogP contribution in [-0.2, 0) is 22.3 Å². The number of sulfonamides is 1. The Bertz CT molecular complexity index is 806. The molecule has 0 fully saturated rings. The topological polar surface area (TPSA) is 40.6 Å². The maximum atomic E-state index is 12.5. The molecule has 0 amide bonds. The largest absolute Gasteiger partial charge is 0.378 e. The van der Waals surface area contributed by atoms with Crippen molar-refractivity contribution in [2.75, 3.05) is 26.0 Å². The molecule has 2 aromatic rings. The van der Waals surface area contributed by atoms with Gasteiger partial charge >= 0.3 is 0 Å². The molecule has 0 aromatic heterocycles. The van der Waals surface area contributed by atoms with Crippen molar-refractivity contribution >= 4 is 38.9 Å². The summed E-state index contributed by atoms with van der Waals surface area (Å²) >= 11 is 11.8. The molecule has 0 N–H and O–H groups in total. The molecule has 2 aromatic carbocycles. The molecule has 0 aliphatic carbocycles. The maximum Gasteiger partial charge on any atom is 0.218 e. The van der Waals surface area contributed by atoms with Crippen LogP contribution in [-0.4, -0.2) is 33.9 Å². The smallest absolute Gasteiger partial charge is 0.218 e. The number of halogens is 2. The molecule has 0 radical (unpaired) electrons. The van der Waals surface area contributed by atoms with Gasteiger partial charge in [0.15, 0.2) is 0 Å². The van der Waals surface area contributed by atoms with Gasteiger partial charge in [0.2, 0.25) is 10.0 Å². The lowest BCUT2D eigenvalue weighted by Crippen LogP contribution is -2.27. The van der Waals surface area contributed by atoms with Crippen LogP contribution in [0.3, 0.4) is 0 Å². The van der Waals surface area contributed by atoms with Crippen molar-refractivity contribution in [3.8, 4) is 0 Å². The second-order valence-corrected chi connectivity index (χ2v) is 8.71. The molecule has 0 saturated carbocycles. The molecule has 7 heteroatoms.